The van der Waals surface area contributed by atoms with Crippen LogP contribution in [0.5, 0.6) is 0 Å². The average molecular weight is 490 g/mol. The lowest BCUT2D eigenvalue weighted by Crippen LogP contribution is -2.28. The minimum atomic E-state index is -0.387. The molecule has 0 aliphatic carbocycles. The highest BCUT2D eigenvalue weighted by atomic mass is 35.5. The van der Waals surface area contributed by atoms with Gasteiger partial charge in [-0.3, -0.25) is 9.36 Å². The van der Waals surface area contributed by atoms with Crippen molar-refractivity contribution >= 4 is 28.3 Å². The Morgan fingerprint density at radius 3 is 2.66 bits per heavy atom. The first kappa shape index (κ1) is 23.8. The standard InChI is InChI=1S/C24H24ClN9O/c1-5-9-17(25)19-14(2)12-18(34(24(19)35)16-10-7-6-8-11-16)15(3)29-22-20(21(26)27-13-28-22)23-30-32-33(4)31-23/h5-13,15H,1H2,2-4H3,(H3,26,27,28,29)/b17-9+/t15-/m0/s1. The molecule has 0 aliphatic rings. The van der Waals surface area contributed by atoms with Crippen LogP contribution in [-0.2, 0) is 7.05 Å². The zero-order chi connectivity index (χ0) is 25.1. The van der Waals surface area contributed by atoms with Gasteiger partial charge in [0.2, 0.25) is 5.82 Å². The molecule has 3 N–H and O–H groups in total. The molecule has 0 amide bonds. The molecule has 35 heavy (non-hydrogen) atoms. The largest absolute Gasteiger partial charge is 0.383 e. The van der Waals surface area contributed by atoms with Gasteiger partial charge in [0.15, 0.2) is 0 Å². The number of nitrogens with zero attached hydrogens (tertiary/aromatic N) is 7. The number of nitrogens with one attached hydrogen (secondary N) is 1. The van der Waals surface area contributed by atoms with Crippen LogP contribution in [0.2, 0.25) is 0 Å². The van der Waals surface area contributed by atoms with Crippen molar-refractivity contribution in [3.8, 4) is 17.1 Å². The van der Waals surface area contributed by atoms with Crippen molar-refractivity contribution in [2.45, 2.75) is 19.9 Å². The third-order valence-electron chi connectivity index (χ3n) is 5.36. The van der Waals surface area contributed by atoms with Crippen molar-refractivity contribution in [1.82, 2.24) is 34.7 Å². The van der Waals surface area contributed by atoms with Crippen molar-refractivity contribution in [1.29, 1.82) is 0 Å². The molecule has 0 spiro atoms. The highest BCUT2D eigenvalue weighted by Crippen LogP contribution is 2.31. The van der Waals surface area contributed by atoms with E-state index in [1.165, 1.54) is 11.1 Å². The van der Waals surface area contributed by atoms with Crippen LogP contribution in [0.3, 0.4) is 0 Å². The molecule has 1 aromatic carbocycles. The van der Waals surface area contributed by atoms with Crippen LogP contribution in [0.4, 0.5) is 11.6 Å². The van der Waals surface area contributed by atoms with Crippen LogP contribution < -0.4 is 16.6 Å². The Balaban J connectivity index is 1.87. The van der Waals surface area contributed by atoms with Crippen molar-refractivity contribution < 1.29 is 0 Å². The minimum Gasteiger partial charge on any atom is -0.383 e. The summed E-state index contributed by atoms with van der Waals surface area (Å²) in [7, 11) is 1.65. The van der Waals surface area contributed by atoms with E-state index in [9.17, 15) is 4.79 Å². The summed E-state index contributed by atoms with van der Waals surface area (Å²) in [4.78, 5) is 23.5. The highest BCUT2D eigenvalue weighted by molar-refractivity contribution is 6.49. The Morgan fingerprint density at radius 2 is 2.00 bits per heavy atom. The molecular weight excluding hydrogens is 466 g/mol. The maximum Gasteiger partial charge on any atom is 0.264 e. The monoisotopic (exact) mass is 489 g/mol. The molecule has 0 radical (unpaired) electrons. The maximum atomic E-state index is 13.7. The van der Waals surface area contributed by atoms with E-state index in [4.69, 9.17) is 17.3 Å². The van der Waals surface area contributed by atoms with Gasteiger partial charge in [-0.05, 0) is 48.9 Å². The van der Waals surface area contributed by atoms with E-state index in [0.29, 0.717) is 33.4 Å². The van der Waals surface area contributed by atoms with Gasteiger partial charge < -0.3 is 11.1 Å². The Bertz CT molecular complexity index is 1470. The van der Waals surface area contributed by atoms with Gasteiger partial charge in [0.25, 0.3) is 5.56 Å². The molecule has 3 heterocycles. The molecule has 0 saturated heterocycles. The fraction of sp³-hybridized carbons (Fsp3) is 0.167. The lowest BCUT2D eigenvalue weighted by molar-refractivity contribution is 0.630. The van der Waals surface area contributed by atoms with E-state index in [2.05, 4.69) is 37.3 Å². The molecule has 0 saturated carbocycles. The van der Waals surface area contributed by atoms with Crippen LogP contribution in [0, 0.1) is 6.92 Å². The predicted octanol–water partition coefficient (Wildman–Crippen LogP) is 3.65. The molecule has 0 unspecified atom stereocenters. The molecule has 3 aromatic heterocycles. The molecule has 0 bridgehead atoms. The van der Waals surface area contributed by atoms with Crippen molar-refractivity contribution in [3.05, 3.63) is 88.6 Å². The maximum absolute atomic E-state index is 13.7. The second kappa shape index (κ2) is 9.90. The quantitative estimate of drug-likeness (QED) is 0.376. The number of hydrogen-bond acceptors (Lipinski definition) is 8. The summed E-state index contributed by atoms with van der Waals surface area (Å²) in [5.41, 5.74) is 8.84. The minimum absolute atomic E-state index is 0.205. The van der Waals surface area contributed by atoms with Gasteiger partial charge in [-0.1, -0.05) is 42.5 Å². The number of para-hydroxylation sites is 1. The second-order valence-electron chi connectivity index (χ2n) is 7.80. The fourth-order valence-corrected chi connectivity index (χ4v) is 4.11. The van der Waals surface area contributed by atoms with Crippen LogP contribution in [0.1, 0.15) is 29.8 Å². The highest BCUT2D eigenvalue weighted by Gasteiger charge is 2.23. The first-order chi connectivity index (χ1) is 16.8. The summed E-state index contributed by atoms with van der Waals surface area (Å²) in [6.07, 6.45) is 4.50. The predicted molar refractivity (Wildman–Crippen MR) is 137 cm³/mol. The molecule has 10 nitrogen and oxygen atoms in total. The molecule has 178 valence electrons. The number of nitrogen functional groups attached to an aromatic ring is 1. The van der Waals surface area contributed by atoms with Crippen molar-refractivity contribution in [3.63, 3.8) is 0 Å². The number of halogens is 1. The lowest BCUT2D eigenvalue weighted by Gasteiger charge is -2.23. The van der Waals surface area contributed by atoms with E-state index >= 15 is 0 Å². The van der Waals surface area contributed by atoms with E-state index in [-0.39, 0.29) is 23.2 Å². The van der Waals surface area contributed by atoms with E-state index < -0.39 is 0 Å². The van der Waals surface area contributed by atoms with Crippen LogP contribution in [0.15, 0.2) is 66.3 Å². The summed E-state index contributed by atoms with van der Waals surface area (Å²) in [5.74, 6) is 0.904. The average Bonchev–Trinajstić information content (AvgIpc) is 3.25. The van der Waals surface area contributed by atoms with Crippen LogP contribution >= 0.6 is 11.6 Å². The number of benzene rings is 1. The number of rotatable bonds is 7. The molecule has 1 atom stereocenters. The second-order valence-corrected chi connectivity index (χ2v) is 8.21. The van der Waals surface area contributed by atoms with Gasteiger partial charge in [0.1, 0.15) is 23.5 Å². The fourth-order valence-electron chi connectivity index (χ4n) is 3.79. The van der Waals surface area contributed by atoms with E-state index in [0.717, 1.165) is 5.56 Å². The molecule has 4 rings (SSSR count). The number of tetrazole rings is 1. The van der Waals surface area contributed by atoms with Crippen LogP contribution in [-0.4, -0.2) is 34.7 Å². The third-order valence-corrected chi connectivity index (χ3v) is 5.67. The lowest BCUT2D eigenvalue weighted by atomic mass is 10.0. The van der Waals surface area contributed by atoms with Crippen molar-refractivity contribution in [2.24, 2.45) is 7.05 Å². The Kier molecular flexibility index (Phi) is 6.74. The SMILES string of the molecule is C=C/C=C(/Cl)c1c(C)cc([C@H](C)Nc2ncnc(N)c2-c2nnn(C)n2)n(-c2ccccc2)c1=O. The molecular formula is C24H24ClN9O. The number of aryl methyl sites for hydroxylation is 2. The number of allylic oxidation sites excluding steroid dienone is 2. The van der Waals surface area contributed by atoms with E-state index in [1.807, 2.05) is 50.2 Å². The Hall–Kier alpha value is -4.31. The summed E-state index contributed by atoms with van der Waals surface area (Å²) in [6, 6.07) is 10.9. The smallest absolute Gasteiger partial charge is 0.264 e. The summed E-state index contributed by atoms with van der Waals surface area (Å²) >= 11 is 6.45. The zero-order valence-corrected chi connectivity index (χ0v) is 20.2. The van der Waals surface area contributed by atoms with Crippen LogP contribution in [0.25, 0.3) is 22.1 Å². The molecule has 0 fully saturated rings. The van der Waals surface area contributed by atoms with Crippen molar-refractivity contribution in [2.75, 3.05) is 11.1 Å². The van der Waals surface area contributed by atoms with Gasteiger partial charge in [0, 0.05) is 11.4 Å². The summed E-state index contributed by atoms with van der Waals surface area (Å²) in [5, 5.41) is 15.8. The topological polar surface area (TPSA) is 129 Å². The Labute approximate surface area is 206 Å². The number of hydrogen-bond donors (Lipinski definition) is 2. The Morgan fingerprint density at radius 1 is 1.26 bits per heavy atom. The molecule has 4 aromatic rings. The number of pyridine rings is 1. The number of aromatic nitrogens is 7. The number of anilines is 2. The number of nitrogens with two attached hydrogens (primary N) is 1. The first-order valence-corrected chi connectivity index (χ1v) is 11.1. The zero-order valence-electron chi connectivity index (χ0n) is 19.5. The van der Waals surface area contributed by atoms with Gasteiger partial charge in [-0.2, -0.15) is 4.80 Å². The van der Waals surface area contributed by atoms with Gasteiger partial charge >= 0.3 is 0 Å². The first-order valence-electron chi connectivity index (χ1n) is 10.7. The third kappa shape index (κ3) is 4.69. The van der Waals surface area contributed by atoms with E-state index in [1.54, 1.807) is 23.8 Å². The summed E-state index contributed by atoms with van der Waals surface area (Å²) < 4.78 is 1.63. The van der Waals surface area contributed by atoms with Gasteiger partial charge in [-0.25, -0.2) is 9.97 Å². The van der Waals surface area contributed by atoms with Gasteiger partial charge in [0.05, 0.1) is 23.7 Å². The normalized spacial score (nSPS) is 12.4. The molecule has 0 aliphatic heterocycles. The summed E-state index contributed by atoms with van der Waals surface area (Å²) in [6.45, 7) is 7.45. The molecule has 11 heteroatoms. The van der Waals surface area contributed by atoms with Gasteiger partial charge in [-0.15, -0.1) is 10.2 Å².